The molecule has 0 saturated heterocycles. The summed E-state index contributed by atoms with van der Waals surface area (Å²) in [6.45, 7) is 3.51. The molecule has 0 heterocycles. The molecule has 0 atom stereocenters. The molecule has 3 N–H and O–H groups in total. The van der Waals surface area contributed by atoms with Crippen molar-refractivity contribution in [2.45, 2.75) is 44.6 Å². The second-order valence-electron chi connectivity index (χ2n) is 4.44. The zero-order valence-electron chi connectivity index (χ0n) is 9.51. The van der Waals surface area contributed by atoms with Crippen LogP contribution in [0.1, 0.15) is 39.0 Å². The Balaban J connectivity index is 2.05. The highest BCUT2D eigenvalue weighted by Gasteiger charge is 2.28. The fraction of sp³-hybridized carbons (Fsp3) is 0.909. The van der Waals surface area contributed by atoms with E-state index in [0.717, 1.165) is 32.2 Å². The molecule has 4 nitrogen and oxygen atoms in total. The van der Waals surface area contributed by atoms with E-state index in [1.165, 1.54) is 13.3 Å². The van der Waals surface area contributed by atoms with Crippen LogP contribution in [-0.2, 0) is 4.79 Å². The normalized spacial score (nSPS) is 19.9. The summed E-state index contributed by atoms with van der Waals surface area (Å²) in [5.74, 6) is -0.00632. The molecule has 0 aliphatic heterocycles. The van der Waals surface area contributed by atoms with Gasteiger partial charge in [0, 0.05) is 26.6 Å². The molecule has 1 rings (SSSR count). The molecule has 0 bridgehead atoms. The van der Waals surface area contributed by atoms with E-state index in [1.807, 2.05) is 0 Å². The number of carbonyl (C=O) groups excluding carboxylic acids is 1. The zero-order chi connectivity index (χ0) is 11.1. The molecular formula is C11H22N2O2. The van der Waals surface area contributed by atoms with Crippen LogP contribution in [-0.4, -0.2) is 36.2 Å². The van der Waals surface area contributed by atoms with Crippen molar-refractivity contribution in [1.82, 2.24) is 10.6 Å². The Morgan fingerprint density at radius 2 is 1.93 bits per heavy atom. The van der Waals surface area contributed by atoms with Gasteiger partial charge in [0.25, 0.3) is 0 Å². The van der Waals surface area contributed by atoms with Crippen LogP contribution in [0.25, 0.3) is 0 Å². The van der Waals surface area contributed by atoms with Gasteiger partial charge in [-0.25, -0.2) is 0 Å². The first-order valence-electron chi connectivity index (χ1n) is 5.80. The predicted molar refractivity (Wildman–Crippen MR) is 59.6 cm³/mol. The Hall–Kier alpha value is -0.610. The van der Waals surface area contributed by atoms with Gasteiger partial charge in [0.05, 0.1) is 5.60 Å². The Kier molecular flexibility index (Phi) is 5.05. The smallest absolute Gasteiger partial charge is 0.216 e. The van der Waals surface area contributed by atoms with Crippen LogP contribution in [0.5, 0.6) is 0 Å². The summed E-state index contributed by atoms with van der Waals surface area (Å²) in [6.07, 6.45) is 5.31. The van der Waals surface area contributed by atoms with Crippen molar-refractivity contribution in [1.29, 1.82) is 0 Å². The minimum atomic E-state index is -0.505. The van der Waals surface area contributed by atoms with E-state index in [0.29, 0.717) is 13.1 Å². The van der Waals surface area contributed by atoms with Gasteiger partial charge in [0.15, 0.2) is 0 Å². The largest absolute Gasteiger partial charge is 0.389 e. The van der Waals surface area contributed by atoms with E-state index >= 15 is 0 Å². The Labute approximate surface area is 91.4 Å². The van der Waals surface area contributed by atoms with E-state index < -0.39 is 5.60 Å². The molecule has 0 spiro atoms. The van der Waals surface area contributed by atoms with Gasteiger partial charge in [-0.05, 0) is 12.8 Å². The van der Waals surface area contributed by atoms with Crippen LogP contribution in [0.15, 0.2) is 0 Å². The van der Waals surface area contributed by atoms with Gasteiger partial charge < -0.3 is 15.7 Å². The summed E-state index contributed by atoms with van der Waals surface area (Å²) in [7, 11) is 0. The maximum atomic E-state index is 10.6. The molecule has 1 saturated carbocycles. The molecule has 1 fully saturated rings. The molecule has 0 aromatic carbocycles. The fourth-order valence-electron chi connectivity index (χ4n) is 2.03. The standard InChI is InChI=1S/C11H22N2O2/c1-10(14)13-8-7-12-9-11(15)5-3-2-4-6-11/h12,15H,2-9H2,1H3,(H,13,14). The van der Waals surface area contributed by atoms with Crippen LogP contribution >= 0.6 is 0 Å². The molecule has 1 amide bonds. The van der Waals surface area contributed by atoms with Crippen molar-refractivity contribution in [3.8, 4) is 0 Å². The second kappa shape index (κ2) is 6.08. The second-order valence-corrected chi connectivity index (χ2v) is 4.44. The zero-order valence-corrected chi connectivity index (χ0v) is 9.51. The van der Waals surface area contributed by atoms with Crippen molar-refractivity contribution in [3.63, 3.8) is 0 Å². The molecule has 1 aliphatic rings. The van der Waals surface area contributed by atoms with Crippen LogP contribution in [0.2, 0.25) is 0 Å². The summed E-state index contributed by atoms with van der Waals surface area (Å²) < 4.78 is 0. The summed E-state index contributed by atoms with van der Waals surface area (Å²) in [6, 6.07) is 0. The van der Waals surface area contributed by atoms with Crippen LogP contribution in [0, 0.1) is 0 Å². The maximum absolute atomic E-state index is 10.6. The summed E-state index contributed by atoms with van der Waals surface area (Å²) >= 11 is 0. The lowest BCUT2D eigenvalue weighted by Gasteiger charge is -2.32. The minimum Gasteiger partial charge on any atom is -0.389 e. The molecule has 0 aromatic rings. The van der Waals surface area contributed by atoms with Crippen molar-refractivity contribution < 1.29 is 9.90 Å². The van der Waals surface area contributed by atoms with Crippen LogP contribution in [0.4, 0.5) is 0 Å². The van der Waals surface area contributed by atoms with Crippen molar-refractivity contribution >= 4 is 5.91 Å². The third-order valence-corrected chi connectivity index (χ3v) is 2.91. The Morgan fingerprint density at radius 1 is 1.27 bits per heavy atom. The highest BCUT2D eigenvalue weighted by atomic mass is 16.3. The van der Waals surface area contributed by atoms with Gasteiger partial charge >= 0.3 is 0 Å². The summed E-state index contributed by atoms with van der Waals surface area (Å²) in [4.78, 5) is 10.6. The molecule has 15 heavy (non-hydrogen) atoms. The first-order chi connectivity index (χ1) is 7.12. The number of rotatable bonds is 5. The molecule has 4 heteroatoms. The Morgan fingerprint density at radius 3 is 2.53 bits per heavy atom. The van der Waals surface area contributed by atoms with Gasteiger partial charge in [-0.3, -0.25) is 4.79 Å². The van der Waals surface area contributed by atoms with Crippen molar-refractivity contribution in [3.05, 3.63) is 0 Å². The quantitative estimate of drug-likeness (QED) is 0.581. The molecule has 0 radical (unpaired) electrons. The molecule has 0 unspecified atom stereocenters. The van der Waals surface area contributed by atoms with Gasteiger partial charge in [-0.1, -0.05) is 19.3 Å². The van der Waals surface area contributed by atoms with Crippen LogP contribution in [0.3, 0.4) is 0 Å². The first kappa shape index (κ1) is 12.5. The highest BCUT2D eigenvalue weighted by Crippen LogP contribution is 2.26. The average Bonchev–Trinajstić information content (AvgIpc) is 2.17. The number of aliphatic hydroxyl groups is 1. The van der Waals surface area contributed by atoms with Gasteiger partial charge in [0.1, 0.15) is 0 Å². The molecule has 0 aromatic heterocycles. The predicted octanol–water partition coefficient (Wildman–Crippen LogP) is 0.407. The summed E-state index contributed by atoms with van der Waals surface area (Å²) in [5.41, 5.74) is -0.505. The van der Waals surface area contributed by atoms with Crippen molar-refractivity contribution in [2.24, 2.45) is 0 Å². The lowest BCUT2D eigenvalue weighted by Crippen LogP contribution is -2.44. The van der Waals surface area contributed by atoms with Gasteiger partial charge in [-0.15, -0.1) is 0 Å². The third kappa shape index (κ3) is 5.14. The van der Waals surface area contributed by atoms with Gasteiger partial charge in [-0.2, -0.15) is 0 Å². The summed E-state index contributed by atoms with van der Waals surface area (Å²) in [5, 5.41) is 16.0. The van der Waals surface area contributed by atoms with Gasteiger partial charge in [0.2, 0.25) is 5.91 Å². The maximum Gasteiger partial charge on any atom is 0.216 e. The number of nitrogens with one attached hydrogen (secondary N) is 2. The number of amides is 1. The first-order valence-corrected chi connectivity index (χ1v) is 5.80. The lowest BCUT2D eigenvalue weighted by molar-refractivity contribution is -0.118. The minimum absolute atomic E-state index is 0.00632. The third-order valence-electron chi connectivity index (χ3n) is 2.91. The van der Waals surface area contributed by atoms with E-state index in [9.17, 15) is 9.90 Å². The lowest BCUT2D eigenvalue weighted by atomic mass is 9.85. The number of hydrogen-bond acceptors (Lipinski definition) is 3. The number of hydrogen-bond donors (Lipinski definition) is 3. The average molecular weight is 214 g/mol. The van der Waals surface area contributed by atoms with E-state index in [-0.39, 0.29) is 5.91 Å². The van der Waals surface area contributed by atoms with E-state index in [4.69, 9.17) is 0 Å². The Bertz CT molecular complexity index is 201. The molecule has 88 valence electrons. The van der Waals surface area contributed by atoms with Crippen molar-refractivity contribution in [2.75, 3.05) is 19.6 Å². The topological polar surface area (TPSA) is 61.4 Å². The highest BCUT2D eigenvalue weighted by molar-refractivity contribution is 5.72. The number of carbonyl (C=O) groups is 1. The van der Waals surface area contributed by atoms with Crippen LogP contribution < -0.4 is 10.6 Å². The molecular weight excluding hydrogens is 192 g/mol. The fourth-order valence-corrected chi connectivity index (χ4v) is 2.03. The SMILES string of the molecule is CC(=O)NCCNCC1(O)CCCCC1. The monoisotopic (exact) mass is 214 g/mol. The molecule has 1 aliphatic carbocycles. The van der Waals surface area contributed by atoms with E-state index in [1.54, 1.807) is 0 Å². The van der Waals surface area contributed by atoms with E-state index in [2.05, 4.69) is 10.6 Å².